The fraction of sp³-hybridized carbons (Fsp3) is 0.500. The first-order valence-corrected chi connectivity index (χ1v) is 8.40. The van der Waals surface area contributed by atoms with E-state index in [0.717, 1.165) is 5.56 Å². The quantitative estimate of drug-likeness (QED) is 0.779. The van der Waals surface area contributed by atoms with Crippen LogP contribution in [-0.2, 0) is 4.79 Å². The Kier molecular flexibility index (Phi) is 6.01. The number of anilines is 1. The van der Waals surface area contributed by atoms with Gasteiger partial charge in [-0.1, -0.05) is 0 Å². The molecule has 0 bridgehead atoms. The van der Waals surface area contributed by atoms with E-state index < -0.39 is 5.97 Å². The zero-order chi connectivity index (χ0) is 18.6. The molecule has 1 aromatic carbocycles. The number of hydrogen-bond donors (Lipinski definition) is 3. The Labute approximate surface area is 147 Å². The second kappa shape index (κ2) is 8.00. The Hall–Kier alpha value is -2.57. The molecule has 0 atom stereocenters. The molecule has 1 aliphatic rings. The zero-order valence-electron chi connectivity index (χ0n) is 14.8. The molecule has 7 nitrogen and oxygen atoms in total. The van der Waals surface area contributed by atoms with Gasteiger partial charge >= 0.3 is 12.0 Å². The van der Waals surface area contributed by atoms with E-state index in [1.54, 1.807) is 32.3 Å². The van der Waals surface area contributed by atoms with Gasteiger partial charge in [-0.2, -0.15) is 0 Å². The minimum Gasteiger partial charge on any atom is -0.481 e. The van der Waals surface area contributed by atoms with Crippen LogP contribution in [-0.4, -0.2) is 48.1 Å². The van der Waals surface area contributed by atoms with Crippen molar-refractivity contribution in [3.05, 3.63) is 29.3 Å². The maximum atomic E-state index is 12.1. The molecule has 7 heteroatoms. The third kappa shape index (κ3) is 4.95. The first kappa shape index (κ1) is 18.8. The normalized spacial score (nSPS) is 19.8. The topological polar surface area (TPSA) is 98.7 Å². The lowest BCUT2D eigenvalue weighted by Gasteiger charge is -2.26. The van der Waals surface area contributed by atoms with Crippen LogP contribution in [0.1, 0.15) is 41.6 Å². The summed E-state index contributed by atoms with van der Waals surface area (Å²) in [7, 11) is 3.39. The van der Waals surface area contributed by atoms with Crippen molar-refractivity contribution in [1.29, 1.82) is 0 Å². The fourth-order valence-electron chi connectivity index (χ4n) is 3.06. The number of benzene rings is 1. The van der Waals surface area contributed by atoms with Gasteiger partial charge in [0.15, 0.2) is 0 Å². The van der Waals surface area contributed by atoms with Crippen molar-refractivity contribution < 1.29 is 19.5 Å². The molecule has 0 saturated heterocycles. The van der Waals surface area contributed by atoms with E-state index in [1.165, 1.54) is 4.90 Å². The van der Waals surface area contributed by atoms with Crippen molar-refractivity contribution in [2.45, 2.75) is 38.6 Å². The lowest BCUT2D eigenvalue weighted by Crippen LogP contribution is -2.41. The molecule has 3 amide bonds. The second-order valence-electron chi connectivity index (χ2n) is 6.71. The van der Waals surface area contributed by atoms with Crippen LogP contribution in [0.4, 0.5) is 10.5 Å². The third-order valence-corrected chi connectivity index (χ3v) is 4.53. The van der Waals surface area contributed by atoms with E-state index in [2.05, 4.69) is 10.6 Å². The van der Waals surface area contributed by atoms with Crippen LogP contribution < -0.4 is 10.6 Å². The van der Waals surface area contributed by atoms with Gasteiger partial charge in [-0.25, -0.2) is 4.79 Å². The van der Waals surface area contributed by atoms with E-state index in [-0.39, 0.29) is 23.9 Å². The van der Waals surface area contributed by atoms with Crippen molar-refractivity contribution in [2.24, 2.45) is 5.92 Å². The van der Waals surface area contributed by atoms with E-state index in [0.29, 0.717) is 36.9 Å². The van der Waals surface area contributed by atoms with Crippen LogP contribution in [0.15, 0.2) is 18.2 Å². The summed E-state index contributed by atoms with van der Waals surface area (Å²) in [4.78, 5) is 36.6. The van der Waals surface area contributed by atoms with Gasteiger partial charge in [0.2, 0.25) is 0 Å². The summed E-state index contributed by atoms with van der Waals surface area (Å²) in [6.07, 6.45) is 2.50. The molecule has 0 spiro atoms. The number of aryl methyl sites for hydroxylation is 1. The molecule has 0 aromatic heterocycles. The number of hydrogen-bond acceptors (Lipinski definition) is 3. The number of carboxylic acids is 1. The monoisotopic (exact) mass is 347 g/mol. The highest BCUT2D eigenvalue weighted by molar-refractivity contribution is 5.96. The maximum absolute atomic E-state index is 12.1. The summed E-state index contributed by atoms with van der Waals surface area (Å²) >= 11 is 0. The van der Waals surface area contributed by atoms with Crippen molar-refractivity contribution in [2.75, 3.05) is 19.4 Å². The van der Waals surface area contributed by atoms with Crippen LogP contribution in [0.25, 0.3) is 0 Å². The number of carboxylic acid groups (broad SMARTS) is 1. The van der Waals surface area contributed by atoms with Gasteiger partial charge in [0.25, 0.3) is 5.91 Å². The third-order valence-electron chi connectivity index (χ3n) is 4.53. The molecule has 0 aliphatic heterocycles. The SMILES string of the molecule is Cc1cc(NC(=O)NC2CCC(C(=O)O)CC2)ccc1C(=O)N(C)C. The fourth-order valence-corrected chi connectivity index (χ4v) is 3.06. The van der Waals surface area contributed by atoms with Gasteiger partial charge in [-0.05, 0) is 56.4 Å². The van der Waals surface area contributed by atoms with Crippen LogP contribution in [0, 0.1) is 12.8 Å². The van der Waals surface area contributed by atoms with Gasteiger partial charge in [-0.3, -0.25) is 9.59 Å². The largest absolute Gasteiger partial charge is 0.481 e. The standard InChI is InChI=1S/C18H25N3O4/c1-11-10-14(8-9-15(11)16(22)21(2)3)20-18(25)19-13-6-4-12(5-7-13)17(23)24/h8-10,12-13H,4-7H2,1-3H3,(H,23,24)(H2,19,20,25). The lowest BCUT2D eigenvalue weighted by atomic mass is 9.86. The van der Waals surface area contributed by atoms with Crippen LogP contribution in [0.3, 0.4) is 0 Å². The smallest absolute Gasteiger partial charge is 0.319 e. The molecule has 2 rings (SSSR count). The van der Waals surface area contributed by atoms with Crippen molar-refractivity contribution >= 4 is 23.6 Å². The number of carbonyl (C=O) groups is 3. The minimum absolute atomic E-state index is 0.00807. The van der Waals surface area contributed by atoms with Crippen molar-refractivity contribution in [3.8, 4) is 0 Å². The maximum Gasteiger partial charge on any atom is 0.319 e. The summed E-state index contributed by atoms with van der Waals surface area (Å²) in [6.45, 7) is 1.83. The summed E-state index contributed by atoms with van der Waals surface area (Å²) in [5.74, 6) is -1.14. The molecule has 136 valence electrons. The summed E-state index contributed by atoms with van der Waals surface area (Å²) in [5, 5.41) is 14.6. The van der Waals surface area contributed by atoms with Gasteiger partial charge < -0.3 is 20.6 Å². The average Bonchev–Trinajstić information content (AvgIpc) is 2.54. The summed E-state index contributed by atoms with van der Waals surface area (Å²) < 4.78 is 0. The molecule has 0 radical (unpaired) electrons. The first-order valence-electron chi connectivity index (χ1n) is 8.40. The summed E-state index contributed by atoms with van der Waals surface area (Å²) in [5.41, 5.74) is 2.01. The number of carbonyl (C=O) groups excluding carboxylic acids is 2. The van der Waals surface area contributed by atoms with Gasteiger partial charge in [0.1, 0.15) is 0 Å². The molecule has 0 heterocycles. The van der Waals surface area contributed by atoms with Crippen LogP contribution in [0.5, 0.6) is 0 Å². The highest BCUT2D eigenvalue weighted by atomic mass is 16.4. The number of nitrogens with zero attached hydrogens (tertiary/aromatic N) is 1. The molecule has 3 N–H and O–H groups in total. The molecule has 1 saturated carbocycles. The Bertz CT molecular complexity index is 664. The molecular weight excluding hydrogens is 322 g/mol. The van der Waals surface area contributed by atoms with Crippen LogP contribution in [0.2, 0.25) is 0 Å². The molecule has 1 aliphatic carbocycles. The Morgan fingerprint density at radius 2 is 1.76 bits per heavy atom. The summed E-state index contributed by atoms with van der Waals surface area (Å²) in [6, 6.07) is 4.84. The van der Waals surface area contributed by atoms with E-state index in [9.17, 15) is 14.4 Å². The highest BCUT2D eigenvalue weighted by Crippen LogP contribution is 2.24. The second-order valence-corrected chi connectivity index (χ2v) is 6.71. The number of rotatable bonds is 4. The lowest BCUT2D eigenvalue weighted by molar-refractivity contribution is -0.142. The van der Waals surface area contributed by atoms with Crippen molar-refractivity contribution in [1.82, 2.24) is 10.2 Å². The van der Waals surface area contributed by atoms with Gasteiger partial charge in [-0.15, -0.1) is 0 Å². The zero-order valence-corrected chi connectivity index (χ0v) is 14.8. The Morgan fingerprint density at radius 1 is 1.12 bits per heavy atom. The van der Waals surface area contributed by atoms with Gasteiger partial charge in [0.05, 0.1) is 5.92 Å². The predicted octanol–water partition coefficient (Wildman–Crippen LogP) is 2.46. The first-order chi connectivity index (χ1) is 11.8. The van der Waals surface area contributed by atoms with Crippen LogP contribution >= 0.6 is 0 Å². The minimum atomic E-state index is -0.759. The molecule has 25 heavy (non-hydrogen) atoms. The molecule has 1 aromatic rings. The molecular formula is C18H25N3O4. The van der Waals surface area contributed by atoms with Gasteiger partial charge in [0, 0.05) is 31.4 Å². The Balaban J connectivity index is 1.90. The van der Waals surface area contributed by atoms with E-state index in [1.807, 2.05) is 6.92 Å². The van der Waals surface area contributed by atoms with E-state index >= 15 is 0 Å². The number of urea groups is 1. The Morgan fingerprint density at radius 3 is 2.28 bits per heavy atom. The number of amides is 3. The molecule has 1 fully saturated rings. The number of aliphatic carboxylic acids is 1. The predicted molar refractivity (Wildman–Crippen MR) is 94.7 cm³/mol. The van der Waals surface area contributed by atoms with Crippen molar-refractivity contribution in [3.63, 3.8) is 0 Å². The average molecular weight is 347 g/mol. The number of nitrogens with one attached hydrogen (secondary N) is 2. The highest BCUT2D eigenvalue weighted by Gasteiger charge is 2.26. The van der Waals surface area contributed by atoms with E-state index in [4.69, 9.17) is 5.11 Å². The molecule has 0 unspecified atom stereocenters.